The highest BCUT2D eigenvalue weighted by Gasteiger charge is 2.22. The van der Waals surface area contributed by atoms with Crippen molar-refractivity contribution in [1.82, 2.24) is 9.97 Å². The van der Waals surface area contributed by atoms with Gasteiger partial charge in [-0.3, -0.25) is 0 Å². The smallest absolute Gasteiger partial charge is 0.186 e. The number of thioether (sulfide) groups is 1. The number of benzene rings is 2. The summed E-state index contributed by atoms with van der Waals surface area (Å²) in [5.41, 5.74) is 3.65. The summed E-state index contributed by atoms with van der Waals surface area (Å²) in [6.07, 6.45) is 3.19. The van der Waals surface area contributed by atoms with Crippen LogP contribution in [0.4, 0.5) is 10.3 Å². The van der Waals surface area contributed by atoms with Gasteiger partial charge < -0.3 is 9.80 Å². The Hall–Kier alpha value is -1.83. The Labute approximate surface area is 177 Å². The van der Waals surface area contributed by atoms with E-state index < -0.39 is 0 Å². The number of thiazole rings is 2. The normalized spacial score (nSPS) is 15.1. The Balaban J connectivity index is 1.33. The molecule has 1 fully saturated rings. The van der Waals surface area contributed by atoms with Crippen LogP contribution in [0.15, 0.2) is 41.3 Å². The molecule has 1 aliphatic rings. The maximum atomic E-state index is 4.95. The summed E-state index contributed by atoms with van der Waals surface area (Å²) in [5, 5.41) is 2.30. The second-order valence-electron chi connectivity index (χ2n) is 6.93. The Kier molecular flexibility index (Phi) is 4.90. The molecule has 0 aliphatic carbocycles. The Morgan fingerprint density at radius 2 is 1.64 bits per heavy atom. The SMILES string of the molecule is CCc1ccc2nc(N3CCN(c4nc5c(SC)cccc5s4)CC3)sc2c1. The number of anilines is 2. The van der Waals surface area contributed by atoms with E-state index in [1.807, 2.05) is 22.7 Å². The zero-order chi connectivity index (χ0) is 19.1. The zero-order valence-corrected chi connectivity index (χ0v) is 18.5. The van der Waals surface area contributed by atoms with Gasteiger partial charge in [-0.25, -0.2) is 9.97 Å². The minimum atomic E-state index is 0.991. The van der Waals surface area contributed by atoms with Gasteiger partial charge in [-0.15, -0.1) is 11.8 Å². The molecule has 7 heteroatoms. The molecule has 144 valence electrons. The molecular weight excluding hydrogens is 404 g/mol. The second kappa shape index (κ2) is 7.54. The third kappa shape index (κ3) is 3.25. The molecule has 1 saturated heterocycles. The van der Waals surface area contributed by atoms with Crippen LogP contribution in [0.1, 0.15) is 12.5 Å². The van der Waals surface area contributed by atoms with Gasteiger partial charge in [0.1, 0.15) is 0 Å². The van der Waals surface area contributed by atoms with E-state index >= 15 is 0 Å². The molecule has 2 aromatic heterocycles. The summed E-state index contributed by atoms with van der Waals surface area (Å²) in [7, 11) is 0. The maximum absolute atomic E-state index is 4.95. The van der Waals surface area contributed by atoms with Gasteiger partial charge in [0.25, 0.3) is 0 Å². The Bertz CT molecular complexity index is 1130. The van der Waals surface area contributed by atoms with Gasteiger partial charge in [-0.2, -0.15) is 0 Å². The van der Waals surface area contributed by atoms with Crippen molar-refractivity contribution in [2.45, 2.75) is 18.2 Å². The number of piperazine rings is 1. The summed E-state index contributed by atoms with van der Waals surface area (Å²) < 4.78 is 2.58. The summed E-state index contributed by atoms with van der Waals surface area (Å²) in [6.45, 7) is 6.17. The quantitative estimate of drug-likeness (QED) is 0.401. The van der Waals surface area contributed by atoms with E-state index in [4.69, 9.17) is 9.97 Å². The van der Waals surface area contributed by atoms with Crippen LogP contribution >= 0.6 is 34.4 Å². The first-order valence-electron chi connectivity index (χ1n) is 9.58. The first kappa shape index (κ1) is 18.2. The first-order chi connectivity index (χ1) is 13.7. The number of aryl methyl sites for hydroxylation is 1. The Morgan fingerprint density at radius 3 is 2.36 bits per heavy atom. The van der Waals surface area contributed by atoms with Crippen molar-refractivity contribution in [3.8, 4) is 0 Å². The molecule has 4 nitrogen and oxygen atoms in total. The van der Waals surface area contributed by atoms with Crippen molar-refractivity contribution in [3.05, 3.63) is 42.0 Å². The van der Waals surface area contributed by atoms with Crippen molar-refractivity contribution < 1.29 is 0 Å². The third-order valence-electron chi connectivity index (χ3n) is 5.26. The Morgan fingerprint density at radius 1 is 0.929 bits per heavy atom. The van der Waals surface area contributed by atoms with E-state index in [2.05, 4.69) is 59.4 Å². The lowest BCUT2D eigenvalue weighted by molar-refractivity contribution is 0.651. The van der Waals surface area contributed by atoms with E-state index in [-0.39, 0.29) is 0 Å². The van der Waals surface area contributed by atoms with Crippen LogP contribution in [0.2, 0.25) is 0 Å². The number of fused-ring (bicyclic) bond motifs is 2. The highest BCUT2D eigenvalue weighted by molar-refractivity contribution is 7.98. The van der Waals surface area contributed by atoms with Crippen LogP contribution in [0, 0.1) is 0 Å². The first-order valence-corrected chi connectivity index (χ1v) is 12.4. The van der Waals surface area contributed by atoms with Crippen molar-refractivity contribution in [2.75, 3.05) is 42.2 Å². The molecular formula is C21H22N4S3. The van der Waals surface area contributed by atoms with Crippen molar-refractivity contribution >= 4 is 65.1 Å². The van der Waals surface area contributed by atoms with E-state index in [0.717, 1.165) is 53.9 Å². The molecule has 0 bridgehead atoms. The van der Waals surface area contributed by atoms with Crippen LogP contribution in [-0.2, 0) is 6.42 Å². The van der Waals surface area contributed by atoms with Crippen molar-refractivity contribution in [2.24, 2.45) is 0 Å². The number of hydrogen-bond donors (Lipinski definition) is 0. The lowest BCUT2D eigenvalue weighted by Crippen LogP contribution is -2.46. The van der Waals surface area contributed by atoms with Crippen molar-refractivity contribution in [1.29, 1.82) is 0 Å². The van der Waals surface area contributed by atoms with E-state index in [1.165, 1.54) is 19.9 Å². The topological polar surface area (TPSA) is 32.3 Å². The molecule has 2 aromatic carbocycles. The van der Waals surface area contributed by atoms with E-state index in [9.17, 15) is 0 Å². The number of nitrogens with zero attached hydrogens (tertiary/aromatic N) is 4. The lowest BCUT2D eigenvalue weighted by Gasteiger charge is -2.34. The van der Waals surface area contributed by atoms with Gasteiger partial charge >= 0.3 is 0 Å². The molecule has 0 radical (unpaired) electrons. The van der Waals surface area contributed by atoms with Gasteiger partial charge in [0.05, 0.1) is 20.4 Å². The molecule has 5 rings (SSSR count). The van der Waals surface area contributed by atoms with E-state index in [0.29, 0.717) is 0 Å². The molecule has 28 heavy (non-hydrogen) atoms. The second-order valence-corrected chi connectivity index (χ2v) is 9.80. The van der Waals surface area contributed by atoms with Gasteiger partial charge in [-0.05, 0) is 42.5 Å². The zero-order valence-electron chi connectivity index (χ0n) is 16.0. The standard InChI is InChI=1S/C21H22N4S3/c1-3-14-7-8-15-18(13-14)28-20(22-15)24-9-11-25(12-10-24)21-23-19-16(26-2)5-4-6-17(19)27-21/h4-8,13H,3,9-12H2,1-2H3. The molecule has 1 aliphatic heterocycles. The third-order valence-corrected chi connectivity index (χ3v) is 8.19. The lowest BCUT2D eigenvalue weighted by atomic mass is 10.2. The predicted octanol–water partition coefficient (Wildman–Crippen LogP) is 5.52. The molecule has 0 spiro atoms. The monoisotopic (exact) mass is 426 g/mol. The average Bonchev–Trinajstić information content (AvgIpc) is 3.37. The largest absolute Gasteiger partial charge is 0.345 e. The van der Waals surface area contributed by atoms with Crippen molar-refractivity contribution in [3.63, 3.8) is 0 Å². The summed E-state index contributed by atoms with van der Waals surface area (Å²) in [6, 6.07) is 13.1. The molecule has 0 atom stereocenters. The maximum Gasteiger partial charge on any atom is 0.186 e. The highest BCUT2D eigenvalue weighted by atomic mass is 32.2. The van der Waals surface area contributed by atoms with E-state index in [1.54, 1.807) is 11.8 Å². The average molecular weight is 427 g/mol. The fourth-order valence-electron chi connectivity index (χ4n) is 3.61. The summed E-state index contributed by atoms with van der Waals surface area (Å²) >= 11 is 5.40. The van der Waals surface area contributed by atoms with Crippen LogP contribution in [0.5, 0.6) is 0 Å². The van der Waals surface area contributed by atoms with Gasteiger partial charge in [-0.1, -0.05) is 41.7 Å². The van der Waals surface area contributed by atoms with Crippen LogP contribution in [0.3, 0.4) is 0 Å². The van der Waals surface area contributed by atoms with Crippen LogP contribution in [-0.4, -0.2) is 42.4 Å². The summed E-state index contributed by atoms with van der Waals surface area (Å²) in [5.74, 6) is 0. The minimum absolute atomic E-state index is 0.991. The molecule has 3 heterocycles. The number of rotatable bonds is 4. The predicted molar refractivity (Wildman–Crippen MR) is 125 cm³/mol. The number of aromatic nitrogens is 2. The fraction of sp³-hybridized carbons (Fsp3) is 0.333. The van der Waals surface area contributed by atoms with Gasteiger partial charge in [0.2, 0.25) is 0 Å². The molecule has 0 amide bonds. The van der Waals surface area contributed by atoms with Gasteiger partial charge in [0.15, 0.2) is 10.3 Å². The molecule has 0 N–H and O–H groups in total. The number of hydrogen-bond acceptors (Lipinski definition) is 7. The molecule has 4 aromatic rings. The molecule has 0 unspecified atom stereocenters. The van der Waals surface area contributed by atoms with Gasteiger partial charge in [0, 0.05) is 31.1 Å². The van der Waals surface area contributed by atoms with Crippen LogP contribution in [0.25, 0.3) is 20.4 Å². The minimum Gasteiger partial charge on any atom is -0.345 e. The van der Waals surface area contributed by atoms with Crippen LogP contribution < -0.4 is 9.80 Å². The highest BCUT2D eigenvalue weighted by Crippen LogP contribution is 2.35. The number of para-hydroxylation sites is 1. The fourth-order valence-corrected chi connectivity index (χ4v) is 6.37. The molecule has 0 saturated carbocycles. The summed E-state index contributed by atoms with van der Waals surface area (Å²) in [4.78, 5) is 15.9.